The fourth-order valence-corrected chi connectivity index (χ4v) is 2.73. The van der Waals surface area contributed by atoms with Gasteiger partial charge in [-0.25, -0.2) is 0 Å². The van der Waals surface area contributed by atoms with Crippen molar-refractivity contribution in [3.63, 3.8) is 0 Å². The van der Waals surface area contributed by atoms with Gasteiger partial charge in [0, 0.05) is 21.3 Å². The molecule has 0 bridgehead atoms. The molecule has 0 aliphatic carbocycles. The molecule has 0 saturated carbocycles. The number of halogens is 1. The van der Waals surface area contributed by atoms with Crippen molar-refractivity contribution in [3.8, 4) is 0 Å². The van der Waals surface area contributed by atoms with E-state index in [2.05, 4.69) is 21.2 Å². The molecule has 94 valence electrons. The van der Waals surface area contributed by atoms with Gasteiger partial charge < -0.3 is 15.5 Å². The number of hydrogen-bond donors (Lipinski definition) is 3. The Bertz CT molecular complexity index is 407. The van der Waals surface area contributed by atoms with Gasteiger partial charge in [-0.1, -0.05) is 0 Å². The van der Waals surface area contributed by atoms with Gasteiger partial charge >= 0.3 is 11.9 Å². The van der Waals surface area contributed by atoms with Gasteiger partial charge in [-0.2, -0.15) is 0 Å². The second-order valence-electron chi connectivity index (χ2n) is 3.42. The number of thiophene rings is 1. The number of carbonyl (C=O) groups is 2. The second-order valence-corrected chi connectivity index (χ2v) is 5.34. The summed E-state index contributed by atoms with van der Waals surface area (Å²) in [6.07, 6.45) is 0.267. The van der Waals surface area contributed by atoms with Crippen LogP contribution in [0.5, 0.6) is 0 Å². The lowest BCUT2D eigenvalue weighted by Gasteiger charge is -2.11. The molecule has 7 heteroatoms. The maximum atomic E-state index is 10.8. The van der Waals surface area contributed by atoms with E-state index in [9.17, 15) is 9.59 Å². The molecule has 1 aromatic rings. The Morgan fingerprint density at radius 1 is 1.47 bits per heavy atom. The number of rotatable bonds is 7. The number of aliphatic carboxylic acids is 2. The molecule has 17 heavy (non-hydrogen) atoms. The van der Waals surface area contributed by atoms with Crippen LogP contribution < -0.4 is 5.32 Å². The summed E-state index contributed by atoms with van der Waals surface area (Å²) in [7, 11) is 0. The quantitative estimate of drug-likeness (QED) is 0.709. The zero-order valence-electron chi connectivity index (χ0n) is 8.85. The molecule has 1 unspecified atom stereocenters. The summed E-state index contributed by atoms with van der Waals surface area (Å²) >= 11 is 4.90. The van der Waals surface area contributed by atoms with Crippen molar-refractivity contribution in [1.29, 1.82) is 0 Å². The second kappa shape index (κ2) is 6.73. The third-order valence-electron chi connectivity index (χ3n) is 2.06. The molecule has 0 spiro atoms. The lowest BCUT2D eigenvalue weighted by atomic mass is 10.2. The standard InChI is InChI=1S/C10H12BrNO4S/c11-6-3-7(17-5-6)1-2-12-8(10(15)16)4-9(13)14/h3,5,8,12H,1-2,4H2,(H,13,14)(H,15,16). The highest BCUT2D eigenvalue weighted by Crippen LogP contribution is 2.19. The van der Waals surface area contributed by atoms with Crippen LogP contribution in [0, 0.1) is 0 Å². The number of carboxylic acids is 2. The van der Waals surface area contributed by atoms with Crippen LogP contribution in [0.25, 0.3) is 0 Å². The normalized spacial score (nSPS) is 12.3. The predicted molar refractivity (Wildman–Crippen MR) is 67.4 cm³/mol. The van der Waals surface area contributed by atoms with Crippen LogP contribution in [-0.2, 0) is 16.0 Å². The van der Waals surface area contributed by atoms with Gasteiger partial charge in [0.15, 0.2) is 0 Å². The van der Waals surface area contributed by atoms with Crippen molar-refractivity contribution in [2.45, 2.75) is 18.9 Å². The van der Waals surface area contributed by atoms with Crippen molar-refractivity contribution in [1.82, 2.24) is 5.32 Å². The fourth-order valence-electron chi connectivity index (χ4n) is 1.28. The summed E-state index contributed by atoms with van der Waals surface area (Å²) in [5, 5.41) is 22.0. The SMILES string of the molecule is O=C(O)CC(NCCc1cc(Br)cs1)C(=O)O. The minimum atomic E-state index is -1.14. The van der Waals surface area contributed by atoms with Crippen molar-refractivity contribution in [2.75, 3.05) is 6.54 Å². The summed E-state index contributed by atoms with van der Waals surface area (Å²) in [4.78, 5) is 22.3. The van der Waals surface area contributed by atoms with Crippen molar-refractivity contribution in [2.24, 2.45) is 0 Å². The molecule has 3 N–H and O–H groups in total. The lowest BCUT2D eigenvalue weighted by Crippen LogP contribution is -2.39. The van der Waals surface area contributed by atoms with Crippen LogP contribution in [0.4, 0.5) is 0 Å². The van der Waals surface area contributed by atoms with E-state index in [1.165, 1.54) is 0 Å². The lowest BCUT2D eigenvalue weighted by molar-refractivity contribution is -0.145. The third-order valence-corrected chi connectivity index (χ3v) is 3.82. The Morgan fingerprint density at radius 2 is 2.18 bits per heavy atom. The van der Waals surface area contributed by atoms with Gasteiger partial charge in [-0.15, -0.1) is 11.3 Å². The zero-order chi connectivity index (χ0) is 12.8. The summed E-state index contributed by atoms with van der Waals surface area (Å²) in [5.74, 6) is -2.26. The molecule has 0 aliphatic rings. The van der Waals surface area contributed by atoms with Gasteiger partial charge in [0.1, 0.15) is 6.04 Å². The first-order valence-electron chi connectivity index (χ1n) is 4.90. The number of carboxylic acid groups (broad SMARTS) is 2. The van der Waals surface area contributed by atoms with Crippen LogP contribution in [0.2, 0.25) is 0 Å². The summed E-state index contributed by atoms with van der Waals surface area (Å²) in [6.45, 7) is 0.442. The van der Waals surface area contributed by atoms with Crippen LogP contribution in [0.3, 0.4) is 0 Å². The van der Waals surface area contributed by atoms with E-state index in [0.29, 0.717) is 13.0 Å². The molecular formula is C10H12BrNO4S. The first kappa shape index (κ1) is 14.1. The van der Waals surface area contributed by atoms with Crippen LogP contribution in [0.1, 0.15) is 11.3 Å². The fraction of sp³-hybridized carbons (Fsp3) is 0.400. The highest BCUT2D eigenvalue weighted by Gasteiger charge is 2.19. The average Bonchev–Trinajstić information content (AvgIpc) is 2.62. The van der Waals surface area contributed by atoms with Crippen molar-refractivity contribution < 1.29 is 19.8 Å². The molecule has 0 saturated heterocycles. The smallest absolute Gasteiger partial charge is 0.321 e. The van der Waals surface area contributed by atoms with Gasteiger partial charge in [-0.05, 0) is 28.4 Å². The van der Waals surface area contributed by atoms with Crippen LogP contribution in [-0.4, -0.2) is 34.7 Å². The number of nitrogens with one attached hydrogen (secondary N) is 1. The molecule has 1 heterocycles. The van der Waals surface area contributed by atoms with Gasteiger partial charge in [0.05, 0.1) is 6.42 Å². The number of hydrogen-bond acceptors (Lipinski definition) is 4. The van der Waals surface area contributed by atoms with E-state index in [1.807, 2.05) is 11.4 Å². The molecular weight excluding hydrogens is 310 g/mol. The maximum absolute atomic E-state index is 10.8. The summed E-state index contributed by atoms with van der Waals surface area (Å²) in [5.41, 5.74) is 0. The Balaban J connectivity index is 2.37. The summed E-state index contributed by atoms with van der Waals surface area (Å²) < 4.78 is 0.998. The maximum Gasteiger partial charge on any atom is 0.321 e. The van der Waals surface area contributed by atoms with Crippen LogP contribution >= 0.6 is 27.3 Å². The van der Waals surface area contributed by atoms with E-state index in [4.69, 9.17) is 10.2 Å². The highest BCUT2D eigenvalue weighted by atomic mass is 79.9. The van der Waals surface area contributed by atoms with E-state index in [-0.39, 0.29) is 0 Å². The molecule has 1 rings (SSSR count). The first-order valence-corrected chi connectivity index (χ1v) is 6.57. The molecule has 0 aliphatic heterocycles. The predicted octanol–water partition coefficient (Wildman–Crippen LogP) is 1.57. The Morgan fingerprint density at radius 3 is 2.65 bits per heavy atom. The topological polar surface area (TPSA) is 86.6 Å². The molecule has 0 amide bonds. The largest absolute Gasteiger partial charge is 0.481 e. The third kappa shape index (κ3) is 5.29. The molecule has 0 aromatic carbocycles. The molecule has 1 aromatic heterocycles. The van der Waals surface area contributed by atoms with Crippen molar-refractivity contribution >= 4 is 39.2 Å². The Hall–Kier alpha value is -0.920. The minimum absolute atomic E-state index is 0.413. The molecule has 5 nitrogen and oxygen atoms in total. The Labute approximate surface area is 111 Å². The summed E-state index contributed by atoms with van der Waals surface area (Å²) in [6, 6.07) is 0.926. The van der Waals surface area contributed by atoms with E-state index in [1.54, 1.807) is 11.3 Å². The van der Waals surface area contributed by atoms with Gasteiger partial charge in [0.25, 0.3) is 0 Å². The van der Waals surface area contributed by atoms with Crippen LogP contribution in [0.15, 0.2) is 15.9 Å². The van der Waals surface area contributed by atoms with Crippen molar-refractivity contribution in [3.05, 3.63) is 20.8 Å². The molecule has 0 radical (unpaired) electrons. The van der Waals surface area contributed by atoms with E-state index >= 15 is 0 Å². The minimum Gasteiger partial charge on any atom is -0.481 e. The van der Waals surface area contributed by atoms with Gasteiger partial charge in [0.2, 0.25) is 0 Å². The molecule has 1 atom stereocenters. The van der Waals surface area contributed by atoms with Gasteiger partial charge in [-0.3, -0.25) is 9.59 Å². The monoisotopic (exact) mass is 321 g/mol. The molecule has 0 fully saturated rings. The Kier molecular flexibility index (Phi) is 5.60. The van der Waals surface area contributed by atoms with E-state index < -0.39 is 24.4 Å². The zero-order valence-corrected chi connectivity index (χ0v) is 11.3. The highest BCUT2D eigenvalue weighted by molar-refractivity contribution is 9.10. The van der Waals surface area contributed by atoms with E-state index in [0.717, 1.165) is 9.35 Å². The average molecular weight is 322 g/mol. The first-order chi connectivity index (χ1) is 7.99.